The van der Waals surface area contributed by atoms with Crippen LogP contribution in [0.4, 0.5) is 5.69 Å². The number of aryl methyl sites for hydroxylation is 1. The molecule has 1 aromatic carbocycles. The normalized spacial score (nSPS) is 18.2. The Hall–Kier alpha value is -1.23. The highest BCUT2D eigenvalue weighted by Gasteiger charge is 2.21. The van der Waals surface area contributed by atoms with E-state index in [-0.39, 0.29) is 5.94 Å². The Morgan fingerprint density at radius 1 is 1.46 bits per heavy atom. The largest absolute Gasteiger partial charge is 0.474 e. The lowest BCUT2D eigenvalue weighted by Gasteiger charge is -2.20. The molecular formula is C8H9NO3S. The van der Waals surface area contributed by atoms with Gasteiger partial charge in [-0.2, -0.15) is 0 Å². The zero-order valence-electron chi connectivity index (χ0n) is 7.07. The summed E-state index contributed by atoms with van der Waals surface area (Å²) in [6.45, 7) is 1.83. The second kappa shape index (κ2) is 2.63. The van der Waals surface area contributed by atoms with Gasteiger partial charge in [0.2, 0.25) is 5.94 Å². The molecule has 0 amide bonds. The van der Waals surface area contributed by atoms with Crippen LogP contribution in [0, 0.1) is 6.92 Å². The standard InChI is InChI=1S/C8H9NO3S/c1-6-3-2-4-7-8(6)9-13(10,11)5-12-7/h2-4,9H,5H2,1H3. The molecular weight excluding hydrogens is 190 g/mol. The van der Waals surface area contributed by atoms with Crippen molar-refractivity contribution in [1.29, 1.82) is 0 Å². The van der Waals surface area contributed by atoms with Gasteiger partial charge >= 0.3 is 0 Å². The first kappa shape index (κ1) is 8.37. The van der Waals surface area contributed by atoms with Gasteiger partial charge in [0.05, 0.1) is 5.69 Å². The predicted octanol–water partition coefficient (Wildman–Crippen LogP) is 1.09. The second-order valence-corrected chi connectivity index (χ2v) is 4.60. The van der Waals surface area contributed by atoms with Crippen molar-refractivity contribution >= 4 is 15.7 Å². The molecule has 0 bridgehead atoms. The Labute approximate surface area is 76.6 Å². The van der Waals surface area contributed by atoms with Crippen LogP contribution in [0.2, 0.25) is 0 Å². The van der Waals surface area contributed by atoms with Crippen molar-refractivity contribution < 1.29 is 13.2 Å². The van der Waals surface area contributed by atoms with E-state index in [2.05, 4.69) is 4.72 Å². The van der Waals surface area contributed by atoms with Gasteiger partial charge in [0.1, 0.15) is 5.75 Å². The highest BCUT2D eigenvalue weighted by atomic mass is 32.2. The van der Waals surface area contributed by atoms with E-state index < -0.39 is 10.0 Å². The lowest BCUT2D eigenvalue weighted by Crippen LogP contribution is -2.25. The Morgan fingerprint density at radius 2 is 2.23 bits per heavy atom. The average Bonchev–Trinajstić information content (AvgIpc) is 2.06. The van der Waals surface area contributed by atoms with E-state index in [0.29, 0.717) is 11.4 Å². The van der Waals surface area contributed by atoms with E-state index in [1.807, 2.05) is 19.1 Å². The van der Waals surface area contributed by atoms with E-state index in [4.69, 9.17) is 4.74 Å². The van der Waals surface area contributed by atoms with Crippen LogP contribution in [0.5, 0.6) is 5.75 Å². The smallest absolute Gasteiger partial charge is 0.268 e. The molecule has 0 fully saturated rings. The highest BCUT2D eigenvalue weighted by molar-refractivity contribution is 7.92. The zero-order chi connectivity index (χ0) is 9.47. The van der Waals surface area contributed by atoms with Crippen molar-refractivity contribution in [1.82, 2.24) is 0 Å². The molecule has 0 radical (unpaired) electrons. The summed E-state index contributed by atoms with van der Waals surface area (Å²) in [7, 11) is -3.29. The quantitative estimate of drug-likeness (QED) is 0.680. The number of nitrogens with one attached hydrogen (secondary N) is 1. The molecule has 4 nitrogen and oxygen atoms in total. The topological polar surface area (TPSA) is 55.4 Å². The fourth-order valence-electron chi connectivity index (χ4n) is 1.22. The summed E-state index contributed by atoms with van der Waals surface area (Å²) in [5.41, 5.74) is 1.41. The Balaban J connectivity index is 2.56. The van der Waals surface area contributed by atoms with Crippen LogP contribution in [-0.4, -0.2) is 14.4 Å². The number of hydrogen-bond donors (Lipinski definition) is 1. The van der Waals surface area contributed by atoms with Crippen LogP contribution in [0.1, 0.15) is 5.56 Å². The molecule has 13 heavy (non-hydrogen) atoms. The minimum atomic E-state index is -3.29. The van der Waals surface area contributed by atoms with Gasteiger partial charge in [-0.15, -0.1) is 0 Å². The first-order valence-corrected chi connectivity index (χ1v) is 5.47. The molecule has 5 heteroatoms. The van der Waals surface area contributed by atoms with Gasteiger partial charge in [-0.05, 0) is 18.6 Å². The molecule has 0 unspecified atom stereocenters. The maximum atomic E-state index is 11.1. The number of hydrogen-bond acceptors (Lipinski definition) is 3. The Bertz CT molecular complexity index is 439. The molecule has 1 heterocycles. The molecule has 0 saturated carbocycles. The van der Waals surface area contributed by atoms with Crippen LogP contribution >= 0.6 is 0 Å². The highest BCUT2D eigenvalue weighted by Crippen LogP contribution is 2.31. The summed E-state index contributed by atoms with van der Waals surface area (Å²) in [6, 6.07) is 5.40. The molecule has 0 aromatic heterocycles. The monoisotopic (exact) mass is 199 g/mol. The van der Waals surface area contributed by atoms with Crippen molar-refractivity contribution in [3.8, 4) is 5.75 Å². The van der Waals surface area contributed by atoms with Crippen LogP contribution in [0.15, 0.2) is 18.2 Å². The van der Waals surface area contributed by atoms with Gasteiger partial charge in [0.15, 0.2) is 0 Å². The fourth-order valence-corrected chi connectivity index (χ4v) is 2.13. The summed E-state index contributed by atoms with van der Waals surface area (Å²) in [5, 5.41) is 0. The van der Waals surface area contributed by atoms with E-state index in [0.717, 1.165) is 5.56 Å². The average molecular weight is 199 g/mol. The minimum Gasteiger partial charge on any atom is -0.474 e. The van der Waals surface area contributed by atoms with Crippen molar-refractivity contribution in [2.75, 3.05) is 10.7 Å². The molecule has 1 N–H and O–H groups in total. The van der Waals surface area contributed by atoms with Crippen molar-refractivity contribution in [3.63, 3.8) is 0 Å². The summed E-state index contributed by atoms with van der Waals surface area (Å²) in [4.78, 5) is 0. The predicted molar refractivity (Wildman–Crippen MR) is 49.2 cm³/mol. The fraction of sp³-hybridized carbons (Fsp3) is 0.250. The molecule has 0 spiro atoms. The molecule has 0 saturated heterocycles. The molecule has 0 atom stereocenters. The minimum absolute atomic E-state index is 0.302. The number of rotatable bonds is 0. The molecule has 1 aromatic rings. The van der Waals surface area contributed by atoms with Gasteiger partial charge in [-0.1, -0.05) is 12.1 Å². The molecule has 70 valence electrons. The summed E-state index contributed by atoms with van der Waals surface area (Å²) >= 11 is 0. The molecule has 1 aliphatic rings. The number of fused-ring (bicyclic) bond motifs is 1. The number of ether oxygens (including phenoxy) is 1. The van der Waals surface area contributed by atoms with E-state index in [1.54, 1.807) is 6.07 Å². The van der Waals surface area contributed by atoms with E-state index in [9.17, 15) is 8.42 Å². The van der Waals surface area contributed by atoms with Crippen LogP contribution < -0.4 is 9.46 Å². The summed E-state index contributed by atoms with van der Waals surface area (Å²) < 4.78 is 29.8. The first-order chi connectivity index (χ1) is 6.08. The number of para-hydroxylation sites is 1. The van der Waals surface area contributed by atoms with Crippen LogP contribution in [0.25, 0.3) is 0 Å². The Kier molecular flexibility index (Phi) is 1.69. The maximum Gasteiger partial charge on any atom is 0.268 e. The lowest BCUT2D eigenvalue weighted by molar-refractivity contribution is 0.374. The molecule has 0 aliphatic carbocycles. The molecule has 1 aliphatic heterocycles. The number of benzene rings is 1. The number of sulfonamides is 1. The first-order valence-electron chi connectivity index (χ1n) is 3.81. The van der Waals surface area contributed by atoms with Gasteiger partial charge in [0, 0.05) is 0 Å². The van der Waals surface area contributed by atoms with Crippen molar-refractivity contribution in [3.05, 3.63) is 23.8 Å². The van der Waals surface area contributed by atoms with Crippen LogP contribution in [0.3, 0.4) is 0 Å². The third kappa shape index (κ3) is 1.47. The summed E-state index contributed by atoms with van der Waals surface area (Å²) in [6.07, 6.45) is 0. The molecule has 2 rings (SSSR count). The van der Waals surface area contributed by atoms with E-state index >= 15 is 0 Å². The summed E-state index contributed by atoms with van der Waals surface area (Å²) in [5.74, 6) is 0.290. The van der Waals surface area contributed by atoms with Crippen molar-refractivity contribution in [2.24, 2.45) is 0 Å². The number of anilines is 1. The SMILES string of the molecule is Cc1cccc2c1NS(=O)(=O)CO2. The zero-order valence-corrected chi connectivity index (χ0v) is 7.89. The van der Waals surface area contributed by atoms with E-state index in [1.165, 1.54) is 0 Å². The Morgan fingerprint density at radius 3 is 3.00 bits per heavy atom. The third-order valence-corrected chi connectivity index (χ3v) is 2.80. The second-order valence-electron chi connectivity index (χ2n) is 2.93. The van der Waals surface area contributed by atoms with Gasteiger partial charge < -0.3 is 4.74 Å². The lowest BCUT2D eigenvalue weighted by atomic mass is 10.2. The van der Waals surface area contributed by atoms with Crippen molar-refractivity contribution in [2.45, 2.75) is 6.92 Å². The van der Waals surface area contributed by atoms with Gasteiger partial charge in [0.25, 0.3) is 10.0 Å². The third-order valence-electron chi connectivity index (χ3n) is 1.86. The van der Waals surface area contributed by atoms with Gasteiger partial charge in [-0.25, -0.2) is 8.42 Å². The maximum absolute atomic E-state index is 11.1. The van der Waals surface area contributed by atoms with Crippen LogP contribution in [-0.2, 0) is 10.0 Å². The van der Waals surface area contributed by atoms with Gasteiger partial charge in [-0.3, -0.25) is 4.72 Å².